The van der Waals surface area contributed by atoms with Crippen molar-refractivity contribution in [2.75, 3.05) is 11.9 Å². The molecule has 4 heteroatoms. The lowest BCUT2D eigenvalue weighted by Crippen LogP contribution is -2.21. The van der Waals surface area contributed by atoms with Gasteiger partial charge in [0, 0.05) is 5.69 Å². The number of rotatable bonds is 7. The molecule has 2 rings (SSSR count). The van der Waals surface area contributed by atoms with Crippen LogP contribution in [0, 0.1) is 6.92 Å². The van der Waals surface area contributed by atoms with Crippen LogP contribution in [0.3, 0.4) is 0 Å². The summed E-state index contributed by atoms with van der Waals surface area (Å²) in [4.78, 5) is 12.2. The molecule has 24 heavy (non-hydrogen) atoms. The maximum absolute atomic E-state index is 12.2. The summed E-state index contributed by atoms with van der Waals surface area (Å²) in [6.45, 7) is 6.22. The molecule has 1 amide bonds. The van der Waals surface area contributed by atoms with Crippen molar-refractivity contribution >= 4 is 27.5 Å². The second-order valence-corrected chi connectivity index (χ2v) is 6.67. The summed E-state index contributed by atoms with van der Waals surface area (Å²) in [6.07, 6.45) is 3.01. The summed E-state index contributed by atoms with van der Waals surface area (Å²) < 4.78 is 6.54. The maximum atomic E-state index is 12.2. The zero-order valence-corrected chi connectivity index (χ0v) is 16.1. The zero-order valence-electron chi connectivity index (χ0n) is 14.5. The number of hydrogen-bond donors (Lipinski definition) is 1. The number of carbonyl (C=O) groups is 1. The van der Waals surface area contributed by atoms with E-state index >= 15 is 0 Å². The van der Waals surface area contributed by atoms with E-state index in [-0.39, 0.29) is 12.5 Å². The number of carbonyl (C=O) groups excluding carboxylic acids is 1. The molecule has 0 bridgehead atoms. The van der Waals surface area contributed by atoms with E-state index in [1.807, 2.05) is 43.3 Å². The molecule has 0 aliphatic heterocycles. The summed E-state index contributed by atoms with van der Waals surface area (Å²) in [6, 6.07) is 12.0. The van der Waals surface area contributed by atoms with Crippen molar-refractivity contribution in [2.45, 2.75) is 40.0 Å². The highest BCUT2D eigenvalue weighted by Crippen LogP contribution is 2.27. The first-order valence-electron chi connectivity index (χ1n) is 8.34. The van der Waals surface area contributed by atoms with Gasteiger partial charge in [0.15, 0.2) is 6.61 Å². The van der Waals surface area contributed by atoms with Crippen molar-refractivity contribution in [3.8, 4) is 5.75 Å². The van der Waals surface area contributed by atoms with Crippen LogP contribution in [0.2, 0.25) is 0 Å². The molecule has 0 saturated heterocycles. The van der Waals surface area contributed by atoms with E-state index in [0.29, 0.717) is 5.75 Å². The fraction of sp³-hybridized carbons (Fsp3) is 0.350. The number of halogens is 1. The first-order valence-corrected chi connectivity index (χ1v) is 9.14. The smallest absolute Gasteiger partial charge is 0.262 e. The van der Waals surface area contributed by atoms with Crippen LogP contribution >= 0.6 is 15.9 Å². The Bertz CT molecular complexity index is 713. The molecule has 3 nitrogen and oxygen atoms in total. The molecule has 1 N–H and O–H groups in total. The van der Waals surface area contributed by atoms with Gasteiger partial charge in [-0.05, 0) is 64.5 Å². The minimum Gasteiger partial charge on any atom is -0.483 e. The van der Waals surface area contributed by atoms with Crippen molar-refractivity contribution in [2.24, 2.45) is 0 Å². The molecule has 0 aliphatic rings. The molecule has 0 fully saturated rings. The van der Waals surface area contributed by atoms with Gasteiger partial charge in [-0.3, -0.25) is 4.79 Å². The third kappa shape index (κ3) is 4.84. The second kappa shape index (κ2) is 8.88. The first kappa shape index (κ1) is 18.5. The third-order valence-corrected chi connectivity index (χ3v) is 4.52. The predicted molar refractivity (Wildman–Crippen MR) is 103 cm³/mol. The van der Waals surface area contributed by atoms with Crippen molar-refractivity contribution in [1.29, 1.82) is 0 Å². The van der Waals surface area contributed by atoms with Gasteiger partial charge >= 0.3 is 0 Å². The molecule has 0 atom stereocenters. The SMILES string of the molecule is CCCc1ccc(OCC(=O)Nc2c(C)cccc2CC)c(Br)c1. The van der Waals surface area contributed by atoms with E-state index in [1.54, 1.807) is 0 Å². The lowest BCUT2D eigenvalue weighted by atomic mass is 10.1. The topological polar surface area (TPSA) is 38.3 Å². The molecule has 2 aromatic carbocycles. The van der Waals surface area contributed by atoms with E-state index in [2.05, 4.69) is 35.1 Å². The second-order valence-electron chi connectivity index (χ2n) is 5.81. The molecule has 0 aliphatic carbocycles. The number of anilines is 1. The number of amides is 1. The summed E-state index contributed by atoms with van der Waals surface area (Å²) in [7, 11) is 0. The van der Waals surface area contributed by atoms with Crippen LogP contribution in [0.15, 0.2) is 40.9 Å². The van der Waals surface area contributed by atoms with Gasteiger partial charge in [0.25, 0.3) is 5.91 Å². The maximum Gasteiger partial charge on any atom is 0.262 e. The van der Waals surface area contributed by atoms with E-state index in [4.69, 9.17) is 4.74 Å². The fourth-order valence-corrected chi connectivity index (χ4v) is 3.17. The molecule has 2 aromatic rings. The Kier molecular flexibility index (Phi) is 6.85. The average molecular weight is 390 g/mol. The number of ether oxygens (including phenoxy) is 1. The summed E-state index contributed by atoms with van der Waals surface area (Å²) in [5, 5.41) is 2.97. The van der Waals surface area contributed by atoms with Crippen molar-refractivity contribution in [1.82, 2.24) is 0 Å². The highest BCUT2D eigenvalue weighted by atomic mass is 79.9. The molecular weight excluding hydrogens is 366 g/mol. The molecule has 0 saturated carbocycles. The van der Waals surface area contributed by atoms with E-state index in [1.165, 1.54) is 5.56 Å². The highest BCUT2D eigenvalue weighted by Gasteiger charge is 2.10. The number of benzene rings is 2. The predicted octanol–water partition coefficient (Wildman–Crippen LogP) is 5.29. The van der Waals surface area contributed by atoms with Crippen LogP contribution in [0.4, 0.5) is 5.69 Å². The summed E-state index contributed by atoms with van der Waals surface area (Å²) in [5.41, 5.74) is 4.35. The highest BCUT2D eigenvalue weighted by molar-refractivity contribution is 9.10. The van der Waals surface area contributed by atoms with Gasteiger partial charge in [-0.15, -0.1) is 0 Å². The van der Waals surface area contributed by atoms with Crippen LogP contribution in [0.1, 0.15) is 37.0 Å². The van der Waals surface area contributed by atoms with Gasteiger partial charge in [-0.1, -0.05) is 44.5 Å². The standard InChI is InChI=1S/C20H24BrNO2/c1-4-7-15-10-11-18(17(21)12-15)24-13-19(23)22-20-14(3)8-6-9-16(20)5-2/h6,8-12H,4-5,7,13H2,1-3H3,(H,22,23). The van der Waals surface area contributed by atoms with Crippen molar-refractivity contribution < 1.29 is 9.53 Å². The normalized spacial score (nSPS) is 10.5. The van der Waals surface area contributed by atoms with E-state index in [0.717, 1.165) is 40.5 Å². The van der Waals surface area contributed by atoms with Crippen LogP contribution in [0.25, 0.3) is 0 Å². The van der Waals surface area contributed by atoms with Crippen LogP contribution < -0.4 is 10.1 Å². The fourth-order valence-electron chi connectivity index (χ4n) is 2.63. The van der Waals surface area contributed by atoms with Crippen LogP contribution in [0.5, 0.6) is 5.75 Å². The van der Waals surface area contributed by atoms with Gasteiger partial charge in [-0.25, -0.2) is 0 Å². The number of para-hydroxylation sites is 1. The van der Waals surface area contributed by atoms with E-state index < -0.39 is 0 Å². The monoisotopic (exact) mass is 389 g/mol. The van der Waals surface area contributed by atoms with Gasteiger partial charge in [0.05, 0.1) is 4.47 Å². The lowest BCUT2D eigenvalue weighted by Gasteiger charge is -2.14. The van der Waals surface area contributed by atoms with Crippen LogP contribution in [-0.2, 0) is 17.6 Å². The first-order chi connectivity index (χ1) is 11.5. The third-order valence-electron chi connectivity index (χ3n) is 3.90. The Morgan fingerprint density at radius 3 is 2.67 bits per heavy atom. The Morgan fingerprint density at radius 2 is 2.00 bits per heavy atom. The Labute approximate surface area is 152 Å². The Morgan fingerprint density at radius 1 is 1.21 bits per heavy atom. The molecule has 128 valence electrons. The molecule has 0 spiro atoms. The summed E-state index contributed by atoms with van der Waals surface area (Å²) >= 11 is 3.51. The largest absolute Gasteiger partial charge is 0.483 e. The lowest BCUT2D eigenvalue weighted by molar-refractivity contribution is -0.118. The number of hydrogen-bond acceptors (Lipinski definition) is 2. The minimum atomic E-state index is -0.150. The van der Waals surface area contributed by atoms with E-state index in [9.17, 15) is 4.79 Å². The zero-order chi connectivity index (χ0) is 17.5. The molecular formula is C20H24BrNO2. The van der Waals surface area contributed by atoms with Crippen molar-refractivity contribution in [3.63, 3.8) is 0 Å². The molecule has 0 aromatic heterocycles. The number of aryl methyl sites for hydroxylation is 3. The van der Waals surface area contributed by atoms with Crippen molar-refractivity contribution in [3.05, 3.63) is 57.6 Å². The van der Waals surface area contributed by atoms with Gasteiger partial charge in [0.1, 0.15) is 5.75 Å². The quantitative estimate of drug-likeness (QED) is 0.698. The van der Waals surface area contributed by atoms with Gasteiger partial charge in [0.2, 0.25) is 0 Å². The van der Waals surface area contributed by atoms with Crippen LogP contribution in [-0.4, -0.2) is 12.5 Å². The summed E-state index contributed by atoms with van der Waals surface area (Å²) in [5.74, 6) is 0.536. The Hall–Kier alpha value is -1.81. The molecule has 0 heterocycles. The number of nitrogens with one attached hydrogen (secondary N) is 1. The van der Waals surface area contributed by atoms with Gasteiger partial charge < -0.3 is 10.1 Å². The molecule has 0 radical (unpaired) electrons. The average Bonchev–Trinajstić information content (AvgIpc) is 2.56. The minimum absolute atomic E-state index is 0.0107. The molecule has 0 unspecified atom stereocenters. The van der Waals surface area contributed by atoms with Gasteiger partial charge in [-0.2, -0.15) is 0 Å². The Balaban J connectivity index is 1.99.